The van der Waals surface area contributed by atoms with Gasteiger partial charge in [0.25, 0.3) is 5.91 Å². The Kier molecular flexibility index (Phi) is 5.43. The van der Waals surface area contributed by atoms with Crippen molar-refractivity contribution < 1.29 is 19.1 Å². The molecule has 2 aliphatic heterocycles. The van der Waals surface area contributed by atoms with Gasteiger partial charge in [0.1, 0.15) is 12.4 Å². The molecule has 2 aromatic carbocycles. The number of likely N-dealkylation sites (tertiary alicyclic amines) is 1. The number of carbonyl (C=O) groups excluding carboxylic acids is 2. The maximum atomic E-state index is 12.8. The number of ether oxygens (including phenoxy) is 2. The Bertz CT molecular complexity index is 904. The summed E-state index contributed by atoms with van der Waals surface area (Å²) in [7, 11) is 1.37. The van der Waals surface area contributed by atoms with Gasteiger partial charge in [0.15, 0.2) is 0 Å². The number of carbonyl (C=O) groups is 2. The zero-order chi connectivity index (χ0) is 20.4. The molecule has 0 saturated carbocycles. The summed E-state index contributed by atoms with van der Waals surface area (Å²) in [6.07, 6.45) is 3.33. The van der Waals surface area contributed by atoms with Gasteiger partial charge in [-0.25, -0.2) is 4.79 Å². The van der Waals surface area contributed by atoms with Crippen molar-refractivity contribution in [3.05, 3.63) is 53.6 Å². The number of hydrogen-bond acceptors (Lipinski definition) is 5. The van der Waals surface area contributed by atoms with Crippen molar-refractivity contribution in [1.82, 2.24) is 4.90 Å². The maximum Gasteiger partial charge on any atom is 0.337 e. The molecule has 2 heterocycles. The molecule has 0 N–H and O–H groups in total. The van der Waals surface area contributed by atoms with Gasteiger partial charge >= 0.3 is 5.97 Å². The van der Waals surface area contributed by atoms with Crippen LogP contribution in [0.3, 0.4) is 0 Å². The van der Waals surface area contributed by atoms with Crippen molar-refractivity contribution in [3.8, 4) is 5.75 Å². The standard InChI is InChI=1S/C23H26N2O4/c1-16-15-29-21-14-18(22(26)24-12-4-3-5-13-24)8-11-20(21)25(16)19-9-6-17(7-10-19)23(27)28-2/h6-11,14,16H,3-5,12-13,15H2,1-2H3/t16-/m0/s1. The molecule has 1 amide bonds. The molecular weight excluding hydrogens is 368 g/mol. The van der Waals surface area contributed by atoms with Crippen molar-refractivity contribution in [3.63, 3.8) is 0 Å². The zero-order valence-electron chi connectivity index (χ0n) is 16.9. The molecule has 6 heteroatoms. The molecule has 1 fully saturated rings. The molecule has 152 valence electrons. The number of rotatable bonds is 3. The molecule has 0 spiro atoms. The molecule has 0 bridgehead atoms. The summed E-state index contributed by atoms with van der Waals surface area (Å²) >= 11 is 0. The van der Waals surface area contributed by atoms with E-state index in [9.17, 15) is 9.59 Å². The highest BCUT2D eigenvalue weighted by Gasteiger charge is 2.28. The number of nitrogens with zero attached hydrogens (tertiary/aromatic N) is 2. The minimum atomic E-state index is -0.354. The first-order chi connectivity index (χ1) is 14.1. The summed E-state index contributed by atoms with van der Waals surface area (Å²) in [6, 6.07) is 13.1. The molecular formula is C23H26N2O4. The van der Waals surface area contributed by atoms with Gasteiger partial charge in [0, 0.05) is 24.3 Å². The first-order valence-corrected chi connectivity index (χ1v) is 10.1. The molecule has 2 aliphatic rings. The van der Waals surface area contributed by atoms with Crippen LogP contribution in [0.2, 0.25) is 0 Å². The fourth-order valence-corrected chi connectivity index (χ4v) is 4.03. The SMILES string of the molecule is COC(=O)c1ccc(N2c3ccc(C(=O)N4CCCCC4)cc3OC[C@@H]2C)cc1. The second kappa shape index (κ2) is 8.15. The Morgan fingerprint density at radius 2 is 1.69 bits per heavy atom. The predicted molar refractivity (Wildman–Crippen MR) is 111 cm³/mol. The number of hydrogen-bond donors (Lipinski definition) is 0. The molecule has 0 aliphatic carbocycles. The summed E-state index contributed by atoms with van der Waals surface area (Å²) in [5, 5.41) is 0. The van der Waals surface area contributed by atoms with Crippen LogP contribution in [0.15, 0.2) is 42.5 Å². The van der Waals surface area contributed by atoms with Crippen molar-refractivity contribution in [2.45, 2.75) is 32.2 Å². The van der Waals surface area contributed by atoms with Gasteiger partial charge in [-0.15, -0.1) is 0 Å². The van der Waals surface area contributed by atoms with Crippen LogP contribution in [0.4, 0.5) is 11.4 Å². The summed E-state index contributed by atoms with van der Waals surface area (Å²) < 4.78 is 10.7. The molecule has 6 nitrogen and oxygen atoms in total. The van der Waals surface area contributed by atoms with Gasteiger partial charge in [0.2, 0.25) is 0 Å². The molecule has 0 radical (unpaired) electrons. The number of anilines is 2. The van der Waals surface area contributed by atoms with Gasteiger partial charge in [-0.1, -0.05) is 0 Å². The highest BCUT2D eigenvalue weighted by Crippen LogP contribution is 2.40. The molecule has 2 aromatic rings. The largest absolute Gasteiger partial charge is 0.489 e. The minimum absolute atomic E-state index is 0.0729. The van der Waals surface area contributed by atoms with E-state index in [1.807, 2.05) is 35.2 Å². The van der Waals surface area contributed by atoms with E-state index in [0.29, 0.717) is 23.5 Å². The van der Waals surface area contributed by atoms with Gasteiger partial charge in [-0.3, -0.25) is 4.79 Å². The van der Waals surface area contributed by atoms with Crippen molar-refractivity contribution in [2.75, 3.05) is 31.7 Å². The number of amides is 1. The average molecular weight is 394 g/mol. The second-order valence-electron chi connectivity index (χ2n) is 7.60. The van der Waals surface area contributed by atoms with Gasteiger partial charge in [-0.2, -0.15) is 0 Å². The number of esters is 1. The topological polar surface area (TPSA) is 59.1 Å². The Balaban J connectivity index is 1.62. The number of fused-ring (bicyclic) bond motifs is 1. The Labute approximate surface area is 171 Å². The predicted octanol–water partition coefficient (Wildman–Crippen LogP) is 4.02. The average Bonchev–Trinajstić information content (AvgIpc) is 2.78. The number of methoxy groups -OCH3 is 1. The minimum Gasteiger partial charge on any atom is -0.489 e. The fourth-order valence-electron chi connectivity index (χ4n) is 4.03. The number of piperidine rings is 1. The lowest BCUT2D eigenvalue weighted by atomic mass is 10.1. The molecule has 0 aromatic heterocycles. The zero-order valence-corrected chi connectivity index (χ0v) is 16.9. The van der Waals surface area contributed by atoms with Crippen LogP contribution in [0, 0.1) is 0 Å². The van der Waals surface area contributed by atoms with Crippen LogP contribution >= 0.6 is 0 Å². The summed E-state index contributed by atoms with van der Waals surface area (Å²) in [4.78, 5) is 28.7. The maximum absolute atomic E-state index is 12.8. The third kappa shape index (κ3) is 3.79. The Hall–Kier alpha value is -3.02. The monoisotopic (exact) mass is 394 g/mol. The van der Waals surface area contributed by atoms with Crippen molar-refractivity contribution >= 4 is 23.3 Å². The first kappa shape index (κ1) is 19.3. The van der Waals surface area contributed by atoms with Gasteiger partial charge in [0.05, 0.1) is 24.4 Å². The summed E-state index contributed by atoms with van der Waals surface area (Å²) in [6.45, 7) is 4.26. The third-order valence-electron chi connectivity index (χ3n) is 5.60. The van der Waals surface area contributed by atoms with E-state index >= 15 is 0 Å². The van der Waals surface area contributed by atoms with E-state index in [4.69, 9.17) is 9.47 Å². The molecule has 0 unspecified atom stereocenters. The highest BCUT2D eigenvalue weighted by atomic mass is 16.5. The molecule has 29 heavy (non-hydrogen) atoms. The third-order valence-corrected chi connectivity index (χ3v) is 5.60. The molecule has 1 atom stereocenters. The van der Waals surface area contributed by atoms with Crippen molar-refractivity contribution in [1.29, 1.82) is 0 Å². The second-order valence-corrected chi connectivity index (χ2v) is 7.60. The smallest absolute Gasteiger partial charge is 0.337 e. The van der Waals surface area contributed by atoms with E-state index in [1.54, 1.807) is 12.1 Å². The van der Waals surface area contributed by atoms with Crippen LogP contribution in [-0.2, 0) is 4.74 Å². The Morgan fingerprint density at radius 3 is 2.38 bits per heavy atom. The van der Waals surface area contributed by atoms with E-state index < -0.39 is 0 Å². The van der Waals surface area contributed by atoms with E-state index in [1.165, 1.54) is 13.5 Å². The lowest BCUT2D eigenvalue weighted by Crippen LogP contribution is -2.38. The van der Waals surface area contributed by atoms with E-state index in [2.05, 4.69) is 11.8 Å². The van der Waals surface area contributed by atoms with E-state index in [0.717, 1.165) is 37.3 Å². The van der Waals surface area contributed by atoms with Crippen LogP contribution < -0.4 is 9.64 Å². The fraction of sp³-hybridized carbons (Fsp3) is 0.391. The lowest BCUT2D eigenvalue weighted by molar-refractivity contribution is 0.0600. The number of benzene rings is 2. The van der Waals surface area contributed by atoms with E-state index in [-0.39, 0.29) is 17.9 Å². The van der Waals surface area contributed by atoms with Crippen LogP contribution in [0.5, 0.6) is 5.75 Å². The van der Waals surface area contributed by atoms with Crippen LogP contribution in [0.1, 0.15) is 46.9 Å². The lowest BCUT2D eigenvalue weighted by Gasteiger charge is -2.37. The molecule has 1 saturated heterocycles. The first-order valence-electron chi connectivity index (χ1n) is 10.1. The van der Waals surface area contributed by atoms with Crippen LogP contribution in [-0.4, -0.2) is 49.6 Å². The summed E-state index contributed by atoms with van der Waals surface area (Å²) in [5.74, 6) is 0.430. The molecule has 4 rings (SSSR count). The van der Waals surface area contributed by atoms with Crippen LogP contribution in [0.25, 0.3) is 0 Å². The normalized spacial score (nSPS) is 18.6. The quantitative estimate of drug-likeness (QED) is 0.736. The van der Waals surface area contributed by atoms with Gasteiger partial charge < -0.3 is 19.3 Å². The van der Waals surface area contributed by atoms with Crippen molar-refractivity contribution in [2.24, 2.45) is 0 Å². The Morgan fingerprint density at radius 1 is 1.00 bits per heavy atom. The highest BCUT2D eigenvalue weighted by molar-refractivity contribution is 5.96. The van der Waals surface area contributed by atoms with Gasteiger partial charge in [-0.05, 0) is 68.7 Å². The summed E-state index contributed by atoms with van der Waals surface area (Å²) in [5.41, 5.74) is 3.07.